The van der Waals surface area contributed by atoms with Crippen molar-refractivity contribution in [2.24, 2.45) is 0 Å². The van der Waals surface area contributed by atoms with Gasteiger partial charge in [0.15, 0.2) is 0 Å². The summed E-state index contributed by atoms with van der Waals surface area (Å²) in [7, 11) is 5.63. The molecule has 4 heteroatoms. The minimum absolute atomic E-state index is 0.207. The molecule has 0 amide bonds. The highest BCUT2D eigenvalue weighted by Crippen LogP contribution is 2.03. The molecule has 2 N–H and O–H groups in total. The SMILES string of the molecule is CCOCC(NC)C(CCNC)OC. The summed E-state index contributed by atoms with van der Waals surface area (Å²) in [6.07, 6.45) is 1.20. The summed E-state index contributed by atoms with van der Waals surface area (Å²) >= 11 is 0. The van der Waals surface area contributed by atoms with Gasteiger partial charge in [0, 0.05) is 13.7 Å². The van der Waals surface area contributed by atoms with Crippen molar-refractivity contribution in [3.8, 4) is 0 Å². The molecule has 0 heterocycles. The fourth-order valence-corrected chi connectivity index (χ4v) is 1.39. The summed E-state index contributed by atoms with van der Waals surface area (Å²) in [6.45, 7) is 4.42. The van der Waals surface area contributed by atoms with Crippen LogP contribution in [0.15, 0.2) is 0 Å². The highest BCUT2D eigenvalue weighted by Gasteiger charge is 2.18. The Morgan fingerprint density at radius 2 is 2.00 bits per heavy atom. The third kappa shape index (κ3) is 5.54. The van der Waals surface area contributed by atoms with E-state index in [-0.39, 0.29) is 12.1 Å². The van der Waals surface area contributed by atoms with E-state index in [1.807, 2.05) is 21.0 Å². The van der Waals surface area contributed by atoms with E-state index in [0.717, 1.165) is 19.6 Å². The van der Waals surface area contributed by atoms with E-state index in [4.69, 9.17) is 9.47 Å². The van der Waals surface area contributed by atoms with Gasteiger partial charge in [0.05, 0.1) is 18.8 Å². The Balaban J connectivity index is 3.87. The van der Waals surface area contributed by atoms with Crippen LogP contribution < -0.4 is 10.6 Å². The monoisotopic (exact) mass is 204 g/mol. The average Bonchev–Trinajstić information content (AvgIpc) is 2.23. The second kappa shape index (κ2) is 9.40. The first-order chi connectivity index (χ1) is 6.79. The van der Waals surface area contributed by atoms with Crippen LogP contribution in [0.25, 0.3) is 0 Å². The number of methoxy groups -OCH3 is 1. The third-order valence-electron chi connectivity index (χ3n) is 2.30. The maximum atomic E-state index is 5.42. The number of nitrogens with one attached hydrogen (secondary N) is 2. The molecule has 0 aromatic heterocycles. The van der Waals surface area contributed by atoms with Gasteiger partial charge in [0.25, 0.3) is 0 Å². The van der Waals surface area contributed by atoms with Crippen molar-refractivity contribution in [1.29, 1.82) is 0 Å². The molecule has 0 aromatic carbocycles. The molecular formula is C10H24N2O2. The highest BCUT2D eigenvalue weighted by molar-refractivity contribution is 4.75. The average molecular weight is 204 g/mol. The van der Waals surface area contributed by atoms with Crippen LogP contribution in [0.1, 0.15) is 13.3 Å². The lowest BCUT2D eigenvalue weighted by Gasteiger charge is -2.25. The molecule has 0 saturated heterocycles. The summed E-state index contributed by atoms with van der Waals surface area (Å²) in [4.78, 5) is 0. The molecule has 0 aromatic rings. The topological polar surface area (TPSA) is 42.5 Å². The molecule has 86 valence electrons. The molecule has 0 spiro atoms. The van der Waals surface area contributed by atoms with Gasteiger partial charge in [-0.2, -0.15) is 0 Å². The fourth-order valence-electron chi connectivity index (χ4n) is 1.39. The zero-order valence-electron chi connectivity index (χ0n) is 9.80. The smallest absolute Gasteiger partial charge is 0.0758 e. The number of rotatable bonds is 9. The minimum atomic E-state index is 0.207. The molecule has 0 bridgehead atoms. The molecule has 0 aliphatic heterocycles. The van der Waals surface area contributed by atoms with E-state index < -0.39 is 0 Å². The molecule has 2 unspecified atom stereocenters. The molecular weight excluding hydrogens is 180 g/mol. The van der Waals surface area contributed by atoms with Crippen molar-refractivity contribution in [3.05, 3.63) is 0 Å². The Hall–Kier alpha value is -0.160. The first-order valence-electron chi connectivity index (χ1n) is 5.22. The maximum absolute atomic E-state index is 5.42. The number of hydrogen-bond donors (Lipinski definition) is 2. The summed E-state index contributed by atoms with van der Waals surface area (Å²) in [5.74, 6) is 0. The van der Waals surface area contributed by atoms with Gasteiger partial charge in [-0.15, -0.1) is 0 Å². The third-order valence-corrected chi connectivity index (χ3v) is 2.30. The van der Waals surface area contributed by atoms with E-state index in [0.29, 0.717) is 6.61 Å². The van der Waals surface area contributed by atoms with Crippen molar-refractivity contribution in [3.63, 3.8) is 0 Å². The van der Waals surface area contributed by atoms with Crippen LogP contribution in [0.4, 0.5) is 0 Å². The largest absolute Gasteiger partial charge is 0.380 e. The molecule has 0 saturated carbocycles. The molecule has 2 atom stereocenters. The van der Waals surface area contributed by atoms with E-state index in [2.05, 4.69) is 10.6 Å². The maximum Gasteiger partial charge on any atom is 0.0758 e. The van der Waals surface area contributed by atoms with E-state index in [1.54, 1.807) is 7.11 Å². The van der Waals surface area contributed by atoms with Gasteiger partial charge < -0.3 is 20.1 Å². The molecule has 0 fully saturated rings. The van der Waals surface area contributed by atoms with Crippen LogP contribution in [-0.2, 0) is 9.47 Å². The second-order valence-corrected chi connectivity index (χ2v) is 3.22. The predicted octanol–water partition coefficient (Wildman–Crippen LogP) is 0.235. The molecule has 4 nitrogen and oxygen atoms in total. The van der Waals surface area contributed by atoms with E-state index in [1.165, 1.54) is 0 Å². The van der Waals surface area contributed by atoms with Crippen molar-refractivity contribution in [2.75, 3.05) is 41.0 Å². The molecule has 0 aliphatic rings. The van der Waals surface area contributed by atoms with Crippen molar-refractivity contribution < 1.29 is 9.47 Å². The number of hydrogen-bond acceptors (Lipinski definition) is 4. The van der Waals surface area contributed by atoms with Gasteiger partial charge in [-0.25, -0.2) is 0 Å². The molecule has 0 radical (unpaired) electrons. The van der Waals surface area contributed by atoms with Crippen LogP contribution in [0.3, 0.4) is 0 Å². The lowest BCUT2D eigenvalue weighted by Crippen LogP contribution is -2.43. The van der Waals surface area contributed by atoms with Crippen LogP contribution >= 0.6 is 0 Å². The van der Waals surface area contributed by atoms with Crippen LogP contribution in [0, 0.1) is 0 Å². The Morgan fingerprint density at radius 1 is 1.29 bits per heavy atom. The lowest BCUT2D eigenvalue weighted by atomic mass is 10.1. The number of likely N-dealkylation sites (N-methyl/N-ethyl adjacent to an activating group) is 1. The molecule has 14 heavy (non-hydrogen) atoms. The van der Waals surface area contributed by atoms with Gasteiger partial charge in [-0.1, -0.05) is 0 Å². The Morgan fingerprint density at radius 3 is 2.43 bits per heavy atom. The Labute approximate surface area is 87.4 Å². The Kier molecular flexibility index (Phi) is 9.29. The van der Waals surface area contributed by atoms with Crippen molar-refractivity contribution in [1.82, 2.24) is 10.6 Å². The van der Waals surface area contributed by atoms with Crippen LogP contribution in [0.2, 0.25) is 0 Å². The van der Waals surface area contributed by atoms with Crippen molar-refractivity contribution in [2.45, 2.75) is 25.5 Å². The predicted molar refractivity (Wildman–Crippen MR) is 58.7 cm³/mol. The molecule has 0 aliphatic carbocycles. The standard InChI is InChI=1S/C10H24N2O2/c1-5-14-8-9(12-3)10(13-4)6-7-11-2/h9-12H,5-8H2,1-4H3. The first kappa shape index (κ1) is 13.8. The lowest BCUT2D eigenvalue weighted by molar-refractivity contribution is 0.0227. The molecule has 0 rings (SSSR count). The normalized spacial score (nSPS) is 15.4. The van der Waals surface area contributed by atoms with E-state index >= 15 is 0 Å². The van der Waals surface area contributed by atoms with Gasteiger partial charge in [0.2, 0.25) is 0 Å². The van der Waals surface area contributed by atoms with Gasteiger partial charge in [-0.05, 0) is 34.0 Å². The zero-order chi connectivity index (χ0) is 10.8. The van der Waals surface area contributed by atoms with Crippen molar-refractivity contribution >= 4 is 0 Å². The first-order valence-corrected chi connectivity index (χ1v) is 5.22. The van der Waals surface area contributed by atoms with Gasteiger partial charge in [0.1, 0.15) is 0 Å². The van der Waals surface area contributed by atoms with Gasteiger partial charge >= 0.3 is 0 Å². The summed E-state index contributed by atoms with van der Waals surface area (Å²) in [5, 5.41) is 6.34. The number of ether oxygens (including phenoxy) is 2. The second-order valence-electron chi connectivity index (χ2n) is 3.22. The summed E-state index contributed by atoms with van der Waals surface area (Å²) in [6, 6.07) is 0.272. The van der Waals surface area contributed by atoms with Crippen LogP contribution in [0.5, 0.6) is 0 Å². The quantitative estimate of drug-likeness (QED) is 0.564. The fraction of sp³-hybridized carbons (Fsp3) is 1.00. The summed E-state index contributed by atoms with van der Waals surface area (Å²) < 4.78 is 10.8. The van der Waals surface area contributed by atoms with Gasteiger partial charge in [-0.3, -0.25) is 0 Å². The highest BCUT2D eigenvalue weighted by atomic mass is 16.5. The van der Waals surface area contributed by atoms with Crippen LogP contribution in [-0.4, -0.2) is 53.1 Å². The minimum Gasteiger partial charge on any atom is -0.380 e. The van der Waals surface area contributed by atoms with E-state index in [9.17, 15) is 0 Å². The summed E-state index contributed by atoms with van der Waals surface area (Å²) in [5.41, 5.74) is 0. The zero-order valence-corrected chi connectivity index (χ0v) is 9.80. The Bertz CT molecular complexity index is 109.